The lowest BCUT2D eigenvalue weighted by Gasteiger charge is -2.20. The van der Waals surface area contributed by atoms with Crippen molar-refractivity contribution in [3.63, 3.8) is 0 Å². The molecule has 4 nitrogen and oxygen atoms in total. The summed E-state index contributed by atoms with van der Waals surface area (Å²) in [6.45, 7) is 4.71. The summed E-state index contributed by atoms with van der Waals surface area (Å²) in [5.41, 5.74) is 8.24. The van der Waals surface area contributed by atoms with E-state index in [4.69, 9.17) is 5.73 Å². The molecule has 0 spiro atoms. The number of likely N-dealkylation sites (tertiary alicyclic amines) is 1. The molecule has 0 aromatic carbocycles. The SMILES string of the molecule is Cc1ccnc(CN=C(N)N2CCCCCC2)c1. The van der Waals surface area contributed by atoms with Crippen LogP contribution in [-0.4, -0.2) is 28.9 Å². The zero-order chi connectivity index (χ0) is 12.8. The number of hydrogen-bond donors (Lipinski definition) is 1. The standard InChI is InChI=1S/C14H22N4/c1-12-6-7-16-13(10-12)11-17-14(15)18-8-4-2-3-5-9-18/h6-7,10H,2-5,8-9,11H2,1H3,(H2,15,17). The van der Waals surface area contributed by atoms with E-state index in [1.807, 2.05) is 12.3 Å². The first-order chi connectivity index (χ1) is 8.75. The molecule has 0 aliphatic carbocycles. The molecule has 2 heterocycles. The molecule has 4 heteroatoms. The lowest BCUT2D eigenvalue weighted by atomic mass is 10.2. The van der Waals surface area contributed by atoms with E-state index in [2.05, 4.69) is 27.9 Å². The number of aliphatic imine (C=N–C) groups is 1. The lowest BCUT2D eigenvalue weighted by Crippen LogP contribution is -2.38. The van der Waals surface area contributed by atoms with Crippen molar-refractivity contribution in [1.29, 1.82) is 0 Å². The van der Waals surface area contributed by atoms with Gasteiger partial charge in [0.1, 0.15) is 0 Å². The van der Waals surface area contributed by atoms with Gasteiger partial charge in [-0.15, -0.1) is 0 Å². The minimum Gasteiger partial charge on any atom is -0.370 e. The molecule has 0 amide bonds. The van der Waals surface area contributed by atoms with E-state index in [-0.39, 0.29) is 0 Å². The van der Waals surface area contributed by atoms with Crippen LogP contribution in [0.25, 0.3) is 0 Å². The van der Waals surface area contributed by atoms with Crippen molar-refractivity contribution < 1.29 is 0 Å². The Morgan fingerprint density at radius 2 is 2.06 bits per heavy atom. The predicted octanol–water partition coefficient (Wildman–Crippen LogP) is 2.08. The molecular formula is C14H22N4. The number of aryl methyl sites for hydroxylation is 1. The Kier molecular flexibility index (Phi) is 4.56. The Hall–Kier alpha value is -1.58. The van der Waals surface area contributed by atoms with Gasteiger partial charge in [0.15, 0.2) is 5.96 Å². The minimum absolute atomic E-state index is 0.573. The van der Waals surface area contributed by atoms with Crippen LogP contribution in [0.1, 0.15) is 36.9 Å². The van der Waals surface area contributed by atoms with Gasteiger partial charge in [-0.05, 0) is 37.5 Å². The van der Waals surface area contributed by atoms with Gasteiger partial charge >= 0.3 is 0 Å². The minimum atomic E-state index is 0.573. The van der Waals surface area contributed by atoms with E-state index < -0.39 is 0 Å². The number of hydrogen-bond acceptors (Lipinski definition) is 2. The highest BCUT2D eigenvalue weighted by Crippen LogP contribution is 2.09. The molecule has 1 aromatic rings. The van der Waals surface area contributed by atoms with Crippen molar-refractivity contribution in [3.05, 3.63) is 29.6 Å². The number of nitrogens with zero attached hydrogens (tertiary/aromatic N) is 3. The van der Waals surface area contributed by atoms with Gasteiger partial charge in [-0.25, -0.2) is 4.99 Å². The van der Waals surface area contributed by atoms with Gasteiger partial charge in [0.05, 0.1) is 12.2 Å². The quantitative estimate of drug-likeness (QED) is 0.642. The number of aromatic nitrogens is 1. The van der Waals surface area contributed by atoms with Crippen molar-refractivity contribution in [2.24, 2.45) is 10.7 Å². The Balaban J connectivity index is 1.95. The highest BCUT2D eigenvalue weighted by molar-refractivity contribution is 5.78. The molecule has 1 aromatic heterocycles. The summed E-state index contributed by atoms with van der Waals surface area (Å²) in [5.74, 6) is 0.667. The van der Waals surface area contributed by atoms with Gasteiger partial charge in [-0.1, -0.05) is 12.8 Å². The Morgan fingerprint density at radius 3 is 2.72 bits per heavy atom. The molecule has 2 N–H and O–H groups in total. The molecule has 0 unspecified atom stereocenters. The van der Waals surface area contributed by atoms with E-state index in [9.17, 15) is 0 Å². The first-order valence-corrected chi connectivity index (χ1v) is 6.72. The van der Waals surface area contributed by atoms with Crippen molar-refractivity contribution >= 4 is 5.96 Å². The fourth-order valence-corrected chi connectivity index (χ4v) is 2.25. The molecule has 18 heavy (non-hydrogen) atoms. The third kappa shape index (κ3) is 3.72. The summed E-state index contributed by atoms with van der Waals surface area (Å²) in [5, 5.41) is 0. The van der Waals surface area contributed by atoms with Crippen LogP contribution in [0.15, 0.2) is 23.3 Å². The highest BCUT2D eigenvalue weighted by Gasteiger charge is 2.10. The van der Waals surface area contributed by atoms with Crippen LogP contribution < -0.4 is 5.73 Å². The van der Waals surface area contributed by atoms with Gasteiger partial charge in [0, 0.05) is 19.3 Å². The Labute approximate surface area is 109 Å². The summed E-state index contributed by atoms with van der Waals surface area (Å²) in [7, 11) is 0. The van der Waals surface area contributed by atoms with Crippen LogP contribution in [-0.2, 0) is 6.54 Å². The van der Waals surface area contributed by atoms with Crippen LogP contribution in [0.5, 0.6) is 0 Å². The van der Waals surface area contributed by atoms with Crippen molar-refractivity contribution in [3.8, 4) is 0 Å². The van der Waals surface area contributed by atoms with E-state index in [0.29, 0.717) is 12.5 Å². The summed E-state index contributed by atoms with van der Waals surface area (Å²) in [6.07, 6.45) is 6.88. The van der Waals surface area contributed by atoms with Gasteiger partial charge < -0.3 is 10.6 Å². The van der Waals surface area contributed by atoms with Gasteiger partial charge in [0.2, 0.25) is 0 Å². The lowest BCUT2D eigenvalue weighted by molar-refractivity contribution is 0.428. The maximum Gasteiger partial charge on any atom is 0.191 e. The topological polar surface area (TPSA) is 54.5 Å². The zero-order valence-corrected chi connectivity index (χ0v) is 11.1. The molecule has 0 bridgehead atoms. The van der Waals surface area contributed by atoms with Crippen molar-refractivity contribution in [2.75, 3.05) is 13.1 Å². The monoisotopic (exact) mass is 246 g/mol. The summed E-state index contributed by atoms with van der Waals surface area (Å²) >= 11 is 0. The van der Waals surface area contributed by atoms with Crippen molar-refractivity contribution in [2.45, 2.75) is 39.2 Å². The largest absolute Gasteiger partial charge is 0.370 e. The van der Waals surface area contributed by atoms with E-state index in [0.717, 1.165) is 18.8 Å². The van der Waals surface area contributed by atoms with Crippen LogP contribution in [0.2, 0.25) is 0 Å². The average Bonchev–Trinajstić information content (AvgIpc) is 2.65. The summed E-state index contributed by atoms with van der Waals surface area (Å²) < 4.78 is 0. The smallest absolute Gasteiger partial charge is 0.191 e. The van der Waals surface area contributed by atoms with Gasteiger partial charge in [-0.2, -0.15) is 0 Å². The van der Waals surface area contributed by atoms with Crippen molar-refractivity contribution in [1.82, 2.24) is 9.88 Å². The van der Waals surface area contributed by atoms with Crippen LogP contribution in [0, 0.1) is 6.92 Å². The second kappa shape index (κ2) is 6.38. The third-order valence-electron chi connectivity index (χ3n) is 3.31. The molecule has 2 rings (SSSR count). The number of nitrogens with two attached hydrogens (primary N) is 1. The first kappa shape index (κ1) is 12.9. The maximum atomic E-state index is 6.05. The number of pyridine rings is 1. The van der Waals surface area contributed by atoms with E-state index in [1.165, 1.54) is 31.2 Å². The Morgan fingerprint density at radius 1 is 1.33 bits per heavy atom. The van der Waals surface area contributed by atoms with E-state index >= 15 is 0 Å². The Bertz CT molecular complexity index is 406. The summed E-state index contributed by atoms with van der Waals surface area (Å²) in [6, 6.07) is 4.05. The van der Waals surface area contributed by atoms with Crippen LogP contribution in [0.3, 0.4) is 0 Å². The highest BCUT2D eigenvalue weighted by atomic mass is 15.2. The molecule has 0 radical (unpaired) electrons. The molecular weight excluding hydrogens is 224 g/mol. The molecule has 1 saturated heterocycles. The first-order valence-electron chi connectivity index (χ1n) is 6.72. The third-order valence-corrected chi connectivity index (χ3v) is 3.31. The number of guanidine groups is 1. The second-order valence-corrected chi connectivity index (χ2v) is 4.90. The molecule has 0 saturated carbocycles. The predicted molar refractivity (Wildman–Crippen MR) is 74.3 cm³/mol. The van der Waals surface area contributed by atoms with Gasteiger partial charge in [-0.3, -0.25) is 4.98 Å². The molecule has 1 aliphatic heterocycles. The average molecular weight is 246 g/mol. The van der Waals surface area contributed by atoms with Crippen LogP contribution in [0.4, 0.5) is 0 Å². The molecule has 1 aliphatic rings. The second-order valence-electron chi connectivity index (χ2n) is 4.90. The summed E-state index contributed by atoms with van der Waals surface area (Å²) in [4.78, 5) is 10.9. The zero-order valence-electron chi connectivity index (χ0n) is 11.1. The fourth-order valence-electron chi connectivity index (χ4n) is 2.25. The normalized spacial score (nSPS) is 17.6. The molecule has 1 fully saturated rings. The van der Waals surface area contributed by atoms with E-state index in [1.54, 1.807) is 0 Å². The van der Waals surface area contributed by atoms with Gasteiger partial charge in [0.25, 0.3) is 0 Å². The number of rotatable bonds is 2. The van der Waals surface area contributed by atoms with Crippen LogP contribution >= 0.6 is 0 Å². The molecule has 0 atom stereocenters. The maximum absolute atomic E-state index is 6.05. The molecule has 98 valence electrons. The fraction of sp³-hybridized carbons (Fsp3) is 0.571.